The molecular formula is C15H19BrClFN2O. The third-order valence-corrected chi connectivity index (χ3v) is 5.03. The molecule has 0 aliphatic carbocycles. The standard InChI is InChI=1S/C15H19BrClFN2O/c1-8-4-5-9(2)20(8)10(3)15(21)19-14-12(16)6-11(18)7-13(14)17/h6-10H,4-5H2,1-3H3,(H,19,21). The monoisotopic (exact) mass is 376 g/mol. The maximum absolute atomic E-state index is 13.2. The third kappa shape index (κ3) is 3.58. The molecule has 1 N–H and O–H groups in total. The minimum absolute atomic E-state index is 0.134. The van der Waals surface area contributed by atoms with Crippen molar-refractivity contribution in [3.05, 3.63) is 27.4 Å². The largest absolute Gasteiger partial charge is 0.322 e. The Morgan fingerprint density at radius 3 is 2.52 bits per heavy atom. The van der Waals surface area contributed by atoms with Crippen molar-refractivity contribution >= 4 is 39.1 Å². The molecule has 3 atom stereocenters. The van der Waals surface area contributed by atoms with Gasteiger partial charge in [-0.1, -0.05) is 11.6 Å². The van der Waals surface area contributed by atoms with Gasteiger partial charge in [0.2, 0.25) is 5.91 Å². The van der Waals surface area contributed by atoms with Crippen LogP contribution in [0.3, 0.4) is 0 Å². The molecule has 1 fully saturated rings. The molecular weight excluding hydrogens is 359 g/mol. The molecule has 1 aromatic rings. The molecule has 1 aliphatic heterocycles. The molecule has 116 valence electrons. The zero-order chi connectivity index (χ0) is 15.7. The van der Waals surface area contributed by atoms with E-state index in [0.29, 0.717) is 22.2 Å². The van der Waals surface area contributed by atoms with E-state index in [9.17, 15) is 9.18 Å². The van der Waals surface area contributed by atoms with E-state index in [1.54, 1.807) is 0 Å². The first-order valence-electron chi connectivity index (χ1n) is 7.04. The molecule has 1 heterocycles. The maximum atomic E-state index is 13.2. The molecule has 0 saturated carbocycles. The minimum atomic E-state index is -0.445. The van der Waals surface area contributed by atoms with E-state index in [0.717, 1.165) is 12.8 Å². The summed E-state index contributed by atoms with van der Waals surface area (Å²) in [5, 5.41) is 2.98. The summed E-state index contributed by atoms with van der Waals surface area (Å²) in [6.07, 6.45) is 2.19. The van der Waals surface area contributed by atoms with E-state index in [1.807, 2.05) is 6.92 Å². The Hall–Kier alpha value is -0.650. The van der Waals surface area contributed by atoms with E-state index < -0.39 is 5.82 Å². The van der Waals surface area contributed by atoms with Crippen LogP contribution in [0.15, 0.2) is 16.6 Å². The first-order chi connectivity index (χ1) is 9.81. The minimum Gasteiger partial charge on any atom is -0.322 e. The van der Waals surface area contributed by atoms with Crippen LogP contribution >= 0.6 is 27.5 Å². The highest BCUT2D eigenvalue weighted by Crippen LogP contribution is 2.32. The van der Waals surface area contributed by atoms with Gasteiger partial charge in [0.05, 0.1) is 16.8 Å². The molecule has 6 heteroatoms. The maximum Gasteiger partial charge on any atom is 0.241 e. The zero-order valence-corrected chi connectivity index (χ0v) is 14.6. The molecule has 3 nitrogen and oxygen atoms in total. The highest BCUT2D eigenvalue weighted by Gasteiger charge is 2.34. The third-order valence-electron chi connectivity index (χ3n) is 4.10. The lowest BCUT2D eigenvalue weighted by molar-refractivity contribution is -0.121. The summed E-state index contributed by atoms with van der Waals surface area (Å²) in [5.41, 5.74) is 0.411. The summed E-state index contributed by atoms with van der Waals surface area (Å²) in [7, 11) is 0. The lowest BCUT2D eigenvalue weighted by Gasteiger charge is -2.31. The van der Waals surface area contributed by atoms with Crippen molar-refractivity contribution in [2.45, 2.75) is 51.7 Å². The van der Waals surface area contributed by atoms with Crippen LogP contribution < -0.4 is 5.32 Å². The van der Waals surface area contributed by atoms with Gasteiger partial charge < -0.3 is 5.32 Å². The highest BCUT2D eigenvalue weighted by atomic mass is 79.9. The van der Waals surface area contributed by atoms with Crippen LogP contribution in [0.5, 0.6) is 0 Å². The van der Waals surface area contributed by atoms with Gasteiger partial charge in [0.15, 0.2) is 0 Å². The lowest BCUT2D eigenvalue weighted by atomic mass is 10.2. The van der Waals surface area contributed by atoms with Crippen LogP contribution in [0, 0.1) is 5.82 Å². The average Bonchev–Trinajstić information content (AvgIpc) is 2.72. The van der Waals surface area contributed by atoms with Crippen LogP contribution in [0.4, 0.5) is 10.1 Å². The Morgan fingerprint density at radius 1 is 1.43 bits per heavy atom. The van der Waals surface area contributed by atoms with Gasteiger partial charge in [-0.05, 0) is 61.7 Å². The molecule has 21 heavy (non-hydrogen) atoms. The number of halogens is 3. The quantitative estimate of drug-likeness (QED) is 0.844. The molecule has 1 aromatic carbocycles. The number of hydrogen-bond acceptors (Lipinski definition) is 2. The molecule has 2 rings (SSSR count). The fraction of sp³-hybridized carbons (Fsp3) is 0.533. The van der Waals surface area contributed by atoms with Crippen molar-refractivity contribution in [3.8, 4) is 0 Å². The number of anilines is 1. The highest BCUT2D eigenvalue weighted by molar-refractivity contribution is 9.10. The van der Waals surface area contributed by atoms with Gasteiger partial charge in [0.25, 0.3) is 0 Å². The molecule has 0 spiro atoms. The average molecular weight is 378 g/mol. The summed E-state index contributed by atoms with van der Waals surface area (Å²) >= 11 is 9.23. The second-order valence-electron chi connectivity index (χ2n) is 5.63. The van der Waals surface area contributed by atoms with E-state index in [4.69, 9.17) is 11.6 Å². The normalized spacial score (nSPS) is 24.1. The number of carbonyl (C=O) groups excluding carboxylic acids is 1. The fourth-order valence-electron chi connectivity index (χ4n) is 3.00. The molecule has 0 aromatic heterocycles. The van der Waals surface area contributed by atoms with E-state index in [-0.39, 0.29) is 17.0 Å². The SMILES string of the molecule is CC1CCC(C)N1C(C)C(=O)Nc1c(Cl)cc(F)cc1Br. The molecule has 0 radical (unpaired) electrons. The number of likely N-dealkylation sites (tertiary alicyclic amines) is 1. The molecule has 0 bridgehead atoms. The topological polar surface area (TPSA) is 32.3 Å². The Labute approximate surface area is 138 Å². The van der Waals surface area contributed by atoms with E-state index in [1.165, 1.54) is 12.1 Å². The number of nitrogens with zero attached hydrogens (tertiary/aromatic N) is 1. The van der Waals surface area contributed by atoms with Gasteiger partial charge in [0, 0.05) is 16.6 Å². The summed E-state index contributed by atoms with van der Waals surface area (Å²) in [4.78, 5) is 14.7. The van der Waals surface area contributed by atoms with Crippen LogP contribution in [-0.4, -0.2) is 28.9 Å². The Bertz CT molecular complexity index is 521. The van der Waals surface area contributed by atoms with Crippen molar-refractivity contribution in [1.29, 1.82) is 0 Å². The fourth-order valence-corrected chi connectivity index (χ4v) is 3.90. The van der Waals surface area contributed by atoms with Crippen LogP contribution in [-0.2, 0) is 4.79 Å². The second-order valence-corrected chi connectivity index (χ2v) is 6.89. The van der Waals surface area contributed by atoms with Crippen molar-refractivity contribution in [2.24, 2.45) is 0 Å². The van der Waals surface area contributed by atoms with Crippen LogP contribution in [0.1, 0.15) is 33.6 Å². The van der Waals surface area contributed by atoms with Crippen molar-refractivity contribution in [3.63, 3.8) is 0 Å². The predicted octanol–water partition coefficient (Wildman–Crippen LogP) is 4.44. The number of nitrogens with one attached hydrogen (secondary N) is 1. The zero-order valence-electron chi connectivity index (χ0n) is 12.3. The van der Waals surface area contributed by atoms with Crippen molar-refractivity contribution in [1.82, 2.24) is 4.90 Å². The van der Waals surface area contributed by atoms with Gasteiger partial charge in [-0.2, -0.15) is 0 Å². The van der Waals surface area contributed by atoms with Gasteiger partial charge in [-0.3, -0.25) is 9.69 Å². The number of hydrogen-bond donors (Lipinski definition) is 1. The first-order valence-corrected chi connectivity index (χ1v) is 8.21. The Kier molecular flexibility index (Phi) is 5.28. The predicted molar refractivity (Wildman–Crippen MR) is 87.2 cm³/mol. The molecule has 1 saturated heterocycles. The Balaban J connectivity index is 2.15. The molecule has 3 unspecified atom stereocenters. The van der Waals surface area contributed by atoms with Gasteiger partial charge in [-0.25, -0.2) is 4.39 Å². The summed E-state index contributed by atoms with van der Waals surface area (Å²) in [6.45, 7) is 6.15. The second kappa shape index (κ2) is 6.63. The smallest absolute Gasteiger partial charge is 0.241 e. The van der Waals surface area contributed by atoms with E-state index >= 15 is 0 Å². The Morgan fingerprint density at radius 2 is 2.00 bits per heavy atom. The number of carbonyl (C=O) groups is 1. The van der Waals surface area contributed by atoms with E-state index in [2.05, 4.69) is 40.0 Å². The van der Waals surface area contributed by atoms with Gasteiger partial charge in [-0.15, -0.1) is 0 Å². The first kappa shape index (κ1) is 16.7. The van der Waals surface area contributed by atoms with Gasteiger partial charge in [0.1, 0.15) is 5.82 Å². The number of amides is 1. The van der Waals surface area contributed by atoms with Crippen molar-refractivity contribution in [2.75, 3.05) is 5.32 Å². The number of benzene rings is 1. The molecule has 1 aliphatic rings. The molecule has 1 amide bonds. The van der Waals surface area contributed by atoms with Crippen LogP contribution in [0.25, 0.3) is 0 Å². The number of rotatable bonds is 3. The van der Waals surface area contributed by atoms with Gasteiger partial charge >= 0.3 is 0 Å². The summed E-state index contributed by atoms with van der Waals surface area (Å²) in [5.74, 6) is -0.579. The summed E-state index contributed by atoms with van der Waals surface area (Å²) in [6, 6.07) is 2.98. The summed E-state index contributed by atoms with van der Waals surface area (Å²) < 4.78 is 13.7. The van der Waals surface area contributed by atoms with Crippen molar-refractivity contribution < 1.29 is 9.18 Å². The lowest BCUT2D eigenvalue weighted by Crippen LogP contribution is -2.46. The van der Waals surface area contributed by atoms with Crippen LogP contribution in [0.2, 0.25) is 5.02 Å².